The molecule has 1 aromatic rings. The Labute approximate surface area is 141 Å². The number of carbonyl (C=O) groups excluding carboxylic acids is 2. The smallest absolute Gasteiger partial charge is 0.267 e. The number of nitrogens with two attached hydrogens (primary N) is 1. The maximum absolute atomic E-state index is 12.7. The second-order valence-corrected chi connectivity index (χ2v) is 6.64. The summed E-state index contributed by atoms with van der Waals surface area (Å²) in [6.07, 6.45) is 5.84. The fraction of sp³-hybridized carbons (Fsp3) is 0.647. The summed E-state index contributed by atoms with van der Waals surface area (Å²) < 4.78 is 5.35. The molecule has 2 fully saturated rings. The minimum Gasteiger partial charge on any atom is -0.381 e. The summed E-state index contributed by atoms with van der Waals surface area (Å²) in [6, 6.07) is 1.65. The van der Waals surface area contributed by atoms with Gasteiger partial charge in [0.05, 0.1) is 0 Å². The topological polar surface area (TPSA) is 98.4 Å². The summed E-state index contributed by atoms with van der Waals surface area (Å²) in [5.41, 5.74) is 6.32. The van der Waals surface area contributed by atoms with Crippen LogP contribution < -0.4 is 5.73 Å². The molecule has 0 aromatic carbocycles. The van der Waals surface area contributed by atoms with E-state index in [9.17, 15) is 9.59 Å². The number of likely N-dealkylation sites (tertiary alicyclic amines) is 1. The van der Waals surface area contributed by atoms with Crippen LogP contribution >= 0.6 is 0 Å². The first-order valence-corrected chi connectivity index (χ1v) is 8.60. The summed E-state index contributed by atoms with van der Waals surface area (Å²) in [7, 11) is 0. The monoisotopic (exact) mass is 332 g/mol. The number of amides is 2. The molecule has 0 aliphatic carbocycles. The van der Waals surface area contributed by atoms with Gasteiger partial charge in [0, 0.05) is 37.9 Å². The lowest BCUT2D eigenvalue weighted by Gasteiger charge is -2.35. The van der Waals surface area contributed by atoms with Gasteiger partial charge in [-0.15, -0.1) is 0 Å². The summed E-state index contributed by atoms with van der Waals surface area (Å²) >= 11 is 0. The fourth-order valence-electron chi connectivity index (χ4n) is 3.57. The molecule has 7 heteroatoms. The van der Waals surface area contributed by atoms with Gasteiger partial charge in [-0.3, -0.25) is 9.59 Å². The van der Waals surface area contributed by atoms with Gasteiger partial charge in [0.15, 0.2) is 0 Å². The molecule has 2 aliphatic rings. The third-order valence-electron chi connectivity index (χ3n) is 4.88. The summed E-state index contributed by atoms with van der Waals surface area (Å²) in [5.74, 6) is 0.193. The molecule has 0 spiro atoms. The largest absolute Gasteiger partial charge is 0.381 e. The molecular weight excluding hydrogens is 308 g/mol. The lowest BCUT2D eigenvalue weighted by molar-refractivity contribution is -0.140. The third-order valence-corrected chi connectivity index (χ3v) is 4.88. The van der Waals surface area contributed by atoms with Gasteiger partial charge >= 0.3 is 0 Å². The number of carbonyl (C=O) groups is 2. The van der Waals surface area contributed by atoms with Gasteiger partial charge in [0.25, 0.3) is 5.91 Å². The first kappa shape index (κ1) is 16.8. The molecule has 0 bridgehead atoms. The normalized spacial score (nSPS) is 22.3. The zero-order chi connectivity index (χ0) is 16.9. The number of piperidine rings is 1. The minimum atomic E-state index is -0.543. The van der Waals surface area contributed by atoms with Crippen molar-refractivity contribution in [2.75, 3.05) is 26.3 Å². The standard InChI is InChI=1S/C17H24N4O3/c18-16(22)15-9-14(19-11-20-15)8-12-2-1-5-21(10-12)17(23)13-3-6-24-7-4-13/h9,11-13H,1-8,10H2,(H2,18,22)/t12-/m0/s1. The first-order valence-electron chi connectivity index (χ1n) is 8.60. The van der Waals surface area contributed by atoms with Crippen molar-refractivity contribution in [1.29, 1.82) is 0 Å². The number of hydrogen-bond donors (Lipinski definition) is 1. The summed E-state index contributed by atoms with van der Waals surface area (Å²) in [5, 5.41) is 0. The van der Waals surface area contributed by atoms with E-state index in [0.717, 1.165) is 50.9 Å². The maximum atomic E-state index is 12.7. The summed E-state index contributed by atoms with van der Waals surface area (Å²) in [4.78, 5) is 34.0. The molecule has 2 saturated heterocycles. The van der Waals surface area contributed by atoms with Crippen LogP contribution in [0.4, 0.5) is 0 Å². The zero-order valence-electron chi connectivity index (χ0n) is 13.8. The number of ether oxygens (including phenoxy) is 1. The average molecular weight is 332 g/mol. The molecule has 24 heavy (non-hydrogen) atoms. The SMILES string of the molecule is NC(=O)c1cc(C[C@@H]2CCCN(C(=O)C3CCOCC3)C2)ncn1. The van der Waals surface area contributed by atoms with Crippen molar-refractivity contribution < 1.29 is 14.3 Å². The molecule has 1 aromatic heterocycles. The van der Waals surface area contributed by atoms with Crippen LogP contribution in [0.2, 0.25) is 0 Å². The zero-order valence-corrected chi connectivity index (χ0v) is 13.8. The van der Waals surface area contributed by atoms with E-state index in [4.69, 9.17) is 10.5 Å². The maximum Gasteiger partial charge on any atom is 0.267 e. The quantitative estimate of drug-likeness (QED) is 0.878. The number of nitrogens with zero attached hydrogens (tertiary/aromatic N) is 3. The van der Waals surface area contributed by atoms with Crippen molar-refractivity contribution in [2.45, 2.75) is 32.1 Å². The van der Waals surface area contributed by atoms with Crippen LogP contribution in [0.3, 0.4) is 0 Å². The van der Waals surface area contributed by atoms with Crippen molar-refractivity contribution in [3.63, 3.8) is 0 Å². The lowest BCUT2D eigenvalue weighted by atomic mass is 9.91. The van der Waals surface area contributed by atoms with Gasteiger partial charge in [0.2, 0.25) is 5.91 Å². The molecule has 2 aliphatic heterocycles. The van der Waals surface area contributed by atoms with Crippen LogP contribution in [-0.2, 0) is 16.0 Å². The Balaban J connectivity index is 1.60. The van der Waals surface area contributed by atoms with E-state index in [-0.39, 0.29) is 17.5 Å². The van der Waals surface area contributed by atoms with Crippen LogP contribution in [0.1, 0.15) is 41.9 Å². The second-order valence-electron chi connectivity index (χ2n) is 6.64. The van der Waals surface area contributed by atoms with Gasteiger partial charge in [0.1, 0.15) is 12.0 Å². The second kappa shape index (κ2) is 7.70. The Morgan fingerprint density at radius 1 is 1.25 bits per heavy atom. The molecule has 1 atom stereocenters. The number of primary amides is 1. The Morgan fingerprint density at radius 2 is 2.04 bits per heavy atom. The lowest BCUT2D eigenvalue weighted by Crippen LogP contribution is -2.44. The molecule has 3 rings (SSSR count). The highest BCUT2D eigenvalue weighted by molar-refractivity contribution is 5.90. The van der Waals surface area contributed by atoms with Gasteiger partial charge in [-0.25, -0.2) is 9.97 Å². The molecule has 3 heterocycles. The molecule has 2 amide bonds. The van der Waals surface area contributed by atoms with Crippen molar-refractivity contribution in [3.05, 3.63) is 23.8 Å². The molecular formula is C17H24N4O3. The van der Waals surface area contributed by atoms with E-state index in [1.54, 1.807) is 6.07 Å². The predicted octanol–water partition coefficient (Wildman–Crippen LogP) is 0.783. The third kappa shape index (κ3) is 4.08. The number of rotatable bonds is 4. The van der Waals surface area contributed by atoms with Crippen LogP contribution in [0, 0.1) is 11.8 Å². The Morgan fingerprint density at radius 3 is 2.79 bits per heavy atom. The number of hydrogen-bond acceptors (Lipinski definition) is 5. The van der Waals surface area contributed by atoms with Gasteiger partial charge < -0.3 is 15.4 Å². The first-order chi connectivity index (χ1) is 11.6. The van der Waals surface area contributed by atoms with Crippen LogP contribution in [0.15, 0.2) is 12.4 Å². The van der Waals surface area contributed by atoms with E-state index in [1.165, 1.54) is 6.33 Å². The highest BCUT2D eigenvalue weighted by Gasteiger charge is 2.30. The Bertz CT molecular complexity index is 601. The van der Waals surface area contributed by atoms with E-state index in [1.807, 2.05) is 4.90 Å². The molecule has 0 unspecified atom stereocenters. The molecule has 2 N–H and O–H groups in total. The number of aromatic nitrogens is 2. The van der Waals surface area contributed by atoms with E-state index in [2.05, 4.69) is 9.97 Å². The Kier molecular flexibility index (Phi) is 5.40. The highest BCUT2D eigenvalue weighted by Crippen LogP contribution is 2.24. The predicted molar refractivity (Wildman–Crippen MR) is 87.1 cm³/mol. The highest BCUT2D eigenvalue weighted by atomic mass is 16.5. The van der Waals surface area contributed by atoms with Crippen LogP contribution in [0.25, 0.3) is 0 Å². The van der Waals surface area contributed by atoms with Crippen LogP contribution in [0.5, 0.6) is 0 Å². The van der Waals surface area contributed by atoms with Crippen LogP contribution in [-0.4, -0.2) is 53.0 Å². The van der Waals surface area contributed by atoms with Gasteiger partial charge in [-0.1, -0.05) is 0 Å². The van der Waals surface area contributed by atoms with Crippen molar-refractivity contribution in [1.82, 2.24) is 14.9 Å². The molecule has 7 nitrogen and oxygen atoms in total. The van der Waals surface area contributed by atoms with Crippen molar-refractivity contribution in [3.8, 4) is 0 Å². The molecule has 0 radical (unpaired) electrons. The van der Waals surface area contributed by atoms with Crippen molar-refractivity contribution in [2.24, 2.45) is 17.6 Å². The Hall–Kier alpha value is -2.02. The van der Waals surface area contributed by atoms with E-state index >= 15 is 0 Å². The molecule has 0 saturated carbocycles. The van der Waals surface area contributed by atoms with Crippen molar-refractivity contribution >= 4 is 11.8 Å². The fourth-order valence-corrected chi connectivity index (χ4v) is 3.57. The summed E-state index contributed by atoms with van der Waals surface area (Å²) in [6.45, 7) is 2.96. The van der Waals surface area contributed by atoms with Gasteiger partial charge in [-0.05, 0) is 44.1 Å². The average Bonchev–Trinajstić information content (AvgIpc) is 2.62. The minimum absolute atomic E-state index is 0.109. The van der Waals surface area contributed by atoms with Gasteiger partial charge in [-0.2, -0.15) is 0 Å². The van der Waals surface area contributed by atoms with E-state index in [0.29, 0.717) is 19.1 Å². The molecule has 130 valence electrons. The van der Waals surface area contributed by atoms with E-state index < -0.39 is 5.91 Å².